The van der Waals surface area contributed by atoms with Gasteiger partial charge in [0.2, 0.25) is 0 Å². The Morgan fingerprint density at radius 2 is 2.09 bits per heavy atom. The van der Waals surface area contributed by atoms with E-state index >= 15 is 0 Å². The fraction of sp³-hybridized carbons (Fsp3) is 0.214. The Hall–Kier alpha value is -2.68. The van der Waals surface area contributed by atoms with Crippen LogP contribution in [0, 0.1) is 10.1 Å². The first-order chi connectivity index (χ1) is 10.9. The zero-order valence-corrected chi connectivity index (χ0v) is 12.6. The second-order valence-corrected chi connectivity index (χ2v) is 5.65. The van der Waals surface area contributed by atoms with Crippen LogP contribution in [-0.2, 0) is 9.59 Å². The lowest BCUT2D eigenvalue weighted by Crippen LogP contribution is -2.30. The Bertz CT molecular complexity index is 715. The van der Waals surface area contributed by atoms with Crippen LogP contribution in [-0.4, -0.2) is 33.5 Å². The van der Waals surface area contributed by atoms with E-state index in [0.717, 1.165) is 4.90 Å². The summed E-state index contributed by atoms with van der Waals surface area (Å²) in [5, 5.41) is 20.6. The molecule has 1 saturated heterocycles. The van der Waals surface area contributed by atoms with Gasteiger partial charge in [0.1, 0.15) is 0 Å². The highest BCUT2D eigenvalue weighted by molar-refractivity contribution is 8.18. The Kier molecular flexibility index (Phi) is 5.12. The van der Waals surface area contributed by atoms with Crippen LogP contribution in [0.3, 0.4) is 0 Å². The van der Waals surface area contributed by atoms with Crippen LogP contribution in [0.15, 0.2) is 29.2 Å². The Morgan fingerprint density at radius 3 is 2.74 bits per heavy atom. The number of imide groups is 1. The Balaban J connectivity index is 2.13. The molecule has 0 bridgehead atoms. The SMILES string of the molecule is O=C([O-])CCCN1C(=O)S/C(=C/c2cccc([N+](=O)[O-])c2)C1=O. The van der Waals surface area contributed by atoms with Gasteiger partial charge in [0, 0.05) is 24.6 Å². The zero-order valence-electron chi connectivity index (χ0n) is 11.8. The number of thioether (sulfide) groups is 1. The number of non-ortho nitro benzene ring substituents is 1. The molecular weight excluding hydrogens is 324 g/mol. The monoisotopic (exact) mass is 335 g/mol. The number of amides is 2. The first-order valence-corrected chi connectivity index (χ1v) is 7.40. The van der Waals surface area contributed by atoms with Gasteiger partial charge in [-0.1, -0.05) is 12.1 Å². The number of hydrogen-bond donors (Lipinski definition) is 0. The first-order valence-electron chi connectivity index (χ1n) is 6.58. The summed E-state index contributed by atoms with van der Waals surface area (Å²) in [7, 11) is 0. The molecule has 0 spiro atoms. The third-order valence-electron chi connectivity index (χ3n) is 3.02. The molecule has 1 heterocycles. The lowest BCUT2D eigenvalue weighted by atomic mass is 10.2. The molecule has 0 unspecified atom stereocenters. The number of nitro groups is 1. The maximum absolute atomic E-state index is 12.1. The van der Waals surface area contributed by atoms with E-state index in [0.29, 0.717) is 17.3 Å². The molecule has 1 aromatic carbocycles. The molecule has 1 fully saturated rings. The van der Waals surface area contributed by atoms with Crippen molar-refractivity contribution in [3.63, 3.8) is 0 Å². The highest BCUT2D eigenvalue weighted by atomic mass is 32.2. The normalized spacial score (nSPS) is 16.2. The van der Waals surface area contributed by atoms with Crippen LogP contribution in [0.2, 0.25) is 0 Å². The minimum absolute atomic E-state index is 0.00900. The van der Waals surface area contributed by atoms with Crippen molar-refractivity contribution in [1.29, 1.82) is 0 Å². The number of rotatable bonds is 6. The standard InChI is InChI=1S/C14H12N2O6S/c17-12(18)5-2-6-15-13(19)11(23-14(15)20)8-9-3-1-4-10(7-9)16(21)22/h1,3-4,7-8H,2,5-6H2,(H,17,18)/p-1/b11-8+. The van der Waals surface area contributed by atoms with Gasteiger partial charge in [-0.2, -0.15) is 0 Å². The lowest BCUT2D eigenvalue weighted by molar-refractivity contribution is -0.384. The van der Waals surface area contributed by atoms with Crippen molar-refractivity contribution in [2.45, 2.75) is 12.8 Å². The minimum Gasteiger partial charge on any atom is -0.550 e. The number of carbonyl (C=O) groups is 3. The van der Waals surface area contributed by atoms with Gasteiger partial charge >= 0.3 is 0 Å². The third-order valence-corrected chi connectivity index (χ3v) is 3.92. The van der Waals surface area contributed by atoms with E-state index in [9.17, 15) is 29.6 Å². The second kappa shape index (κ2) is 7.05. The van der Waals surface area contributed by atoms with E-state index in [2.05, 4.69) is 0 Å². The van der Waals surface area contributed by atoms with E-state index in [-0.39, 0.29) is 30.0 Å². The van der Waals surface area contributed by atoms with Gasteiger partial charge < -0.3 is 9.90 Å². The van der Waals surface area contributed by atoms with E-state index in [1.165, 1.54) is 24.3 Å². The number of aliphatic carboxylic acids is 1. The van der Waals surface area contributed by atoms with Crippen LogP contribution in [0.1, 0.15) is 18.4 Å². The topological polar surface area (TPSA) is 121 Å². The van der Waals surface area contributed by atoms with Gasteiger partial charge in [-0.05, 0) is 36.2 Å². The summed E-state index contributed by atoms with van der Waals surface area (Å²) >= 11 is 0.715. The van der Waals surface area contributed by atoms with Crippen molar-refractivity contribution in [2.24, 2.45) is 0 Å². The van der Waals surface area contributed by atoms with Crippen LogP contribution < -0.4 is 5.11 Å². The zero-order chi connectivity index (χ0) is 17.0. The van der Waals surface area contributed by atoms with E-state index < -0.39 is 22.0 Å². The third kappa shape index (κ3) is 4.16. The molecule has 1 aliphatic rings. The molecular formula is C14H11N2O6S-. The molecule has 0 aliphatic carbocycles. The number of benzene rings is 1. The largest absolute Gasteiger partial charge is 0.550 e. The van der Waals surface area contributed by atoms with Crippen molar-refractivity contribution in [1.82, 2.24) is 4.90 Å². The van der Waals surface area contributed by atoms with Crippen molar-refractivity contribution >= 4 is 40.6 Å². The number of carboxylic acid groups (broad SMARTS) is 1. The second-order valence-electron chi connectivity index (χ2n) is 4.66. The predicted octanol–water partition coefficient (Wildman–Crippen LogP) is 1.16. The summed E-state index contributed by atoms with van der Waals surface area (Å²) < 4.78 is 0. The average molecular weight is 335 g/mol. The van der Waals surface area contributed by atoms with Gasteiger partial charge in [-0.3, -0.25) is 24.6 Å². The fourth-order valence-corrected chi connectivity index (χ4v) is 2.82. The molecule has 1 aliphatic heterocycles. The van der Waals surface area contributed by atoms with Gasteiger partial charge in [0.05, 0.1) is 9.83 Å². The van der Waals surface area contributed by atoms with Crippen LogP contribution in [0.25, 0.3) is 6.08 Å². The minimum atomic E-state index is -1.25. The Labute approximate surface area is 134 Å². The first kappa shape index (κ1) is 16.7. The number of carboxylic acids is 1. The molecule has 0 saturated carbocycles. The van der Waals surface area contributed by atoms with Gasteiger partial charge in [0.15, 0.2) is 0 Å². The number of nitro benzene ring substituents is 1. The maximum Gasteiger partial charge on any atom is 0.293 e. The smallest absolute Gasteiger partial charge is 0.293 e. The quantitative estimate of drug-likeness (QED) is 0.434. The average Bonchev–Trinajstić information content (AvgIpc) is 2.74. The summed E-state index contributed by atoms with van der Waals surface area (Å²) in [5.41, 5.74) is 0.311. The van der Waals surface area contributed by atoms with E-state index in [4.69, 9.17) is 0 Å². The van der Waals surface area contributed by atoms with Gasteiger partial charge in [-0.25, -0.2) is 0 Å². The van der Waals surface area contributed by atoms with Crippen molar-refractivity contribution in [3.05, 3.63) is 44.8 Å². The lowest BCUT2D eigenvalue weighted by Gasteiger charge is -2.12. The van der Waals surface area contributed by atoms with Gasteiger partial charge in [0.25, 0.3) is 16.8 Å². The highest BCUT2D eigenvalue weighted by Gasteiger charge is 2.34. The van der Waals surface area contributed by atoms with Crippen molar-refractivity contribution in [3.8, 4) is 0 Å². The van der Waals surface area contributed by atoms with Crippen molar-refractivity contribution in [2.75, 3.05) is 6.54 Å². The molecule has 0 atom stereocenters. The molecule has 0 aromatic heterocycles. The van der Waals surface area contributed by atoms with Crippen LogP contribution in [0.4, 0.5) is 10.5 Å². The summed E-state index contributed by atoms with van der Waals surface area (Å²) in [4.78, 5) is 45.6. The number of carbonyl (C=O) groups excluding carboxylic acids is 3. The predicted molar refractivity (Wildman–Crippen MR) is 80.0 cm³/mol. The number of hydrogen-bond acceptors (Lipinski definition) is 7. The van der Waals surface area contributed by atoms with E-state index in [1.807, 2.05) is 0 Å². The molecule has 2 amide bonds. The van der Waals surface area contributed by atoms with E-state index in [1.54, 1.807) is 6.07 Å². The number of nitrogens with zero attached hydrogens (tertiary/aromatic N) is 2. The molecule has 8 nitrogen and oxygen atoms in total. The molecule has 1 aromatic rings. The van der Waals surface area contributed by atoms with Crippen LogP contribution in [0.5, 0.6) is 0 Å². The molecule has 9 heteroatoms. The molecule has 23 heavy (non-hydrogen) atoms. The summed E-state index contributed by atoms with van der Waals surface area (Å²) in [6.45, 7) is -0.00900. The van der Waals surface area contributed by atoms with Gasteiger partial charge in [-0.15, -0.1) is 0 Å². The molecule has 0 radical (unpaired) electrons. The summed E-state index contributed by atoms with van der Waals surface area (Å²) in [6.07, 6.45) is 1.27. The Morgan fingerprint density at radius 1 is 1.35 bits per heavy atom. The highest BCUT2D eigenvalue weighted by Crippen LogP contribution is 2.32. The molecule has 120 valence electrons. The summed E-state index contributed by atoms with van der Waals surface area (Å²) in [6, 6.07) is 5.68. The molecule has 0 N–H and O–H groups in total. The van der Waals surface area contributed by atoms with Crippen molar-refractivity contribution < 1.29 is 24.4 Å². The maximum atomic E-state index is 12.1. The summed E-state index contributed by atoms with van der Waals surface area (Å²) in [5.74, 6) is -1.78. The molecule has 2 rings (SSSR count). The fourth-order valence-electron chi connectivity index (χ4n) is 1.95. The van der Waals surface area contributed by atoms with Crippen LogP contribution >= 0.6 is 11.8 Å².